The van der Waals surface area contributed by atoms with Gasteiger partial charge in [-0.05, 0) is 125 Å². The number of carbonyl (C=O) groups is 7. The molecule has 15 heteroatoms. The van der Waals surface area contributed by atoms with Crippen molar-refractivity contribution in [3.8, 4) is 0 Å². The molecule has 0 fully saturated rings. The number of esters is 1. The van der Waals surface area contributed by atoms with Crippen LogP contribution in [-0.4, -0.2) is 80.2 Å². The van der Waals surface area contributed by atoms with Gasteiger partial charge in [-0.3, -0.25) is 28.8 Å². The molecule has 6 atom stereocenters. The van der Waals surface area contributed by atoms with Gasteiger partial charge < -0.3 is 36.6 Å². The van der Waals surface area contributed by atoms with Gasteiger partial charge in [0.15, 0.2) is 0 Å². The van der Waals surface area contributed by atoms with Crippen LogP contribution in [0.25, 0.3) is 0 Å². The predicted octanol–water partition coefficient (Wildman–Crippen LogP) is 5.11. The number of halogens is 1. The highest BCUT2D eigenvalue weighted by Gasteiger charge is 2.48. The van der Waals surface area contributed by atoms with Crippen LogP contribution in [0.4, 0.5) is 0 Å². The fourth-order valence-corrected chi connectivity index (χ4v) is 5.33. The van der Waals surface area contributed by atoms with Crippen LogP contribution < -0.4 is 31.9 Å². The fourth-order valence-electron chi connectivity index (χ4n) is 5.07. The molecule has 1 rings (SSSR count). The molecule has 1 aromatic carbocycles. The molecule has 0 aliphatic carbocycles. The summed E-state index contributed by atoms with van der Waals surface area (Å²) in [6.45, 7) is 24.7. The van der Waals surface area contributed by atoms with E-state index in [0.29, 0.717) is 5.56 Å². The van der Waals surface area contributed by atoms with Crippen LogP contribution in [0.5, 0.6) is 0 Å². The van der Waals surface area contributed by atoms with E-state index in [4.69, 9.17) is 4.74 Å². The third kappa shape index (κ3) is 12.2. The quantitative estimate of drug-likeness (QED) is 0.103. The lowest BCUT2D eigenvalue weighted by atomic mass is 9.88. The van der Waals surface area contributed by atoms with E-state index in [9.17, 15) is 33.6 Å². The minimum Gasteiger partial charge on any atom is -0.458 e. The van der Waals surface area contributed by atoms with Crippen LogP contribution in [0.2, 0.25) is 0 Å². The summed E-state index contributed by atoms with van der Waals surface area (Å²) in [4.78, 5) is 95.6. The Morgan fingerprint density at radius 3 is 0.946 bits per heavy atom. The van der Waals surface area contributed by atoms with Gasteiger partial charge in [0.25, 0.3) is 5.91 Å². The minimum absolute atomic E-state index is 0.116. The molecule has 316 valence electrons. The molecule has 6 N–H and O–H groups in total. The van der Waals surface area contributed by atoms with E-state index in [2.05, 4.69) is 47.8 Å². The van der Waals surface area contributed by atoms with Crippen molar-refractivity contribution < 1.29 is 38.3 Å². The number of amides is 6. The number of rotatable bonds is 19. The molecular weight excluding hydrogens is 784 g/mol. The number of carbonyl (C=O) groups excluding carboxylic acids is 7. The second-order valence-corrected chi connectivity index (χ2v) is 17.8. The van der Waals surface area contributed by atoms with Gasteiger partial charge in [0.1, 0.15) is 38.8 Å². The molecule has 1 aromatic rings. The van der Waals surface area contributed by atoms with Crippen LogP contribution in [0.15, 0.2) is 28.7 Å². The normalized spacial score (nSPS) is 18.0. The van der Waals surface area contributed by atoms with Gasteiger partial charge in [-0.2, -0.15) is 0 Å². The maximum atomic E-state index is 14.0. The van der Waals surface area contributed by atoms with Crippen molar-refractivity contribution in [2.45, 2.75) is 181 Å². The van der Waals surface area contributed by atoms with E-state index in [-0.39, 0.29) is 38.5 Å². The number of benzene rings is 1. The first-order chi connectivity index (χ1) is 25.5. The highest BCUT2D eigenvalue weighted by molar-refractivity contribution is 9.10. The average molecular weight is 852 g/mol. The molecule has 14 nitrogen and oxygen atoms in total. The Morgan fingerprint density at radius 1 is 0.446 bits per heavy atom. The maximum absolute atomic E-state index is 14.0. The summed E-state index contributed by atoms with van der Waals surface area (Å²) < 4.78 is 6.34. The molecule has 0 radical (unpaired) electrons. The molecule has 0 aromatic heterocycles. The fraction of sp³-hybridized carbons (Fsp3) is 0.683. The van der Waals surface area contributed by atoms with E-state index >= 15 is 0 Å². The molecule has 0 saturated heterocycles. The smallest absolute Gasteiger partial charge is 0.332 e. The van der Waals surface area contributed by atoms with Gasteiger partial charge in [0.05, 0.1) is 0 Å². The molecule has 0 aliphatic rings. The zero-order valence-electron chi connectivity index (χ0n) is 36.2. The second-order valence-electron chi connectivity index (χ2n) is 16.8. The average Bonchev–Trinajstić information content (AvgIpc) is 3.13. The summed E-state index contributed by atoms with van der Waals surface area (Å²) in [6, 6.07) is 6.67. The lowest BCUT2D eigenvalue weighted by Gasteiger charge is -2.40. The molecule has 0 bridgehead atoms. The van der Waals surface area contributed by atoms with E-state index < -0.39 is 80.2 Å². The Hall–Kier alpha value is -4.01. The predicted molar refractivity (Wildman–Crippen MR) is 220 cm³/mol. The van der Waals surface area contributed by atoms with E-state index in [1.807, 2.05) is 0 Å². The standard InChI is InChI=1S/C41H67BrN6O8/c1-16-36(10,43-28(49)26-22-24-27(42)25-23-26)29(50)44-37(11,17-2)30(51)45-38(12,18-3)31(52)46-39(13,19-4)32(53)47-40(14,20-5)33(54)48-41(15,21-6)34(55)56-35(7,8)9/h22-25H,16-21H2,1-15H3,(H,43,49)(H,44,50)(H,45,51)(H,46,52)(H,47,53)(H,48,54)/t36-,37+,38-,39+,40-,41+/m1/s1. The third-order valence-electron chi connectivity index (χ3n) is 11.0. The van der Waals surface area contributed by atoms with Crippen molar-refractivity contribution in [2.75, 3.05) is 0 Å². The molecule has 56 heavy (non-hydrogen) atoms. The van der Waals surface area contributed by atoms with Crippen molar-refractivity contribution in [1.29, 1.82) is 0 Å². The highest BCUT2D eigenvalue weighted by Crippen LogP contribution is 2.24. The summed E-state index contributed by atoms with van der Waals surface area (Å²) in [5.74, 6) is -4.22. The Morgan fingerprint density at radius 2 is 0.696 bits per heavy atom. The van der Waals surface area contributed by atoms with Crippen LogP contribution in [0, 0.1) is 0 Å². The first-order valence-corrected chi connectivity index (χ1v) is 20.3. The van der Waals surface area contributed by atoms with Gasteiger partial charge in [-0.15, -0.1) is 0 Å². The number of hydrogen-bond acceptors (Lipinski definition) is 8. The van der Waals surface area contributed by atoms with Crippen molar-refractivity contribution >= 4 is 57.3 Å². The Labute approximate surface area is 342 Å². The van der Waals surface area contributed by atoms with Crippen LogP contribution in [-0.2, 0) is 33.5 Å². The van der Waals surface area contributed by atoms with E-state index in [1.165, 1.54) is 27.7 Å². The molecule has 6 amide bonds. The van der Waals surface area contributed by atoms with Gasteiger partial charge in [-0.25, -0.2) is 4.79 Å². The minimum atomic E-state index is -1.54. The zero-order chi connectivity index (χ0) is 43.7. The van der Waals surface area contributed by atoms with E-state index in [0.717, 1.165) is 4.47 Å². The lowest BCUT2D eigenvalue weighted by Crippen LogP contribution is -2.70. The van der Waals surface area contributed by atoms with Crippen LogP contribution >= 0.6 is 15.9 Å². The number of nitrogens with one attached hydrogen (secondary N) is 6. The SMILES string of the molecule is CC[C@@](C)(NC(=O)c1ccc(Br)cc1)C(=O)N[C@@](C)(CC)C(=O)N[C@](C)(CC)C(=O)N[C@@](C)(CC)C(=O)N[C@](C)(CC)C(=O)N[C@@](C)(CC)C(=O)OC(C)(C)C. The third-order valence-corrected chi connectivity index (χ3v) is 11.6. The van der Waals surface area contributed by atoms with Crippen molar-refractivity contribution in [1.82, 2.24) is 31.9 Å². The molecule has 0 spiro atoms. The van der Waals surface area contributed by atoms with Crippen LogP contribution in [0.1, 0.15) is 153 Å². The van der Waals surface area contributed by atoms with Crippen LogP contribution in [0.3, 0.4) is 0 Å². The Bertz CT molecular complexity index is 1630. The summed E-state index contributed by atoms with van der Waals surface area (Å²) in [5, 5.41) is 16.8. The van der Waals surface area contributed by atoms with Gasteiger partial charge >= 0.3 is 5.97 Å². The summed E-state index contributed by atoms with van der Waals surface area (Å²) in [5.41, 5.74) is -9.23. The van der Waals surface area contributed by atoms with Gasteiger partial charge in [0, 0.05) is 10.0 Å². The Balaban J connectivity index is 3.25. The Kier molecular flexibility index (Phi) is 16.9. The molecule has 0 aliphatic heterocycles. The largest absolute Gasteiger partial charge is 0.458 e. The van der Waals surface area contributed by atoms with E-state index in [1.54, 1.807) is 100 Å². The highest BCUT2D eigenvalue weighted by atomic mass is 79.9. The number of ether oxygens (including phenoxy) is 1. The second kappa shape index (κ2) is 19.0. The summed E-state index contributed by atoms with van der Waals surface area (Å²) in [6.07, 6.45) is 0.980. The van der Waals surface area contributed by atoms with Gasteiger partial charge in [-0.1, -0.05) is 57.5 Å². The molecule has 0 unspecified atom stereocenters. The number of hydrogen-bond donors (Lipinski definition) is 6. The monoisotopic (exact) mass is 850 g/mol. The maximum Gasteiger partial charge on any atom is 0.332 e. The topological polar surface area (TPSA) is 201 Å². The molecule has 0 heterocycles. The first-order valence-electron chi connectivity index (χ1n) is 19.5. The molecule has 0 saturated carbocycles. The zero-order valence-corrected chi connectivity index (χ0v) is 37.8. The van der Waals surface area contributed by atoms with Crippen molar-refractivity contribution in [3.63, 3.8) is 0 Å². The summed E-state index contributed by atoms with van der Waals surface area (Å²) in [7, 11) is 0. The van der Waals surface area contributed by atoms with Gasteiger partial charge in [0.2, 0.25) is 29.5 Å². The van der Waals surface area contributed by atoms with Crippen molar-refractivity contribution in [3.05, 3.63) is 34.3 Å². The molecular formula is C41H67BrN6O8. The summed E-state index contributed by atoms with van der Waals surface area (Å²) >= 11 is 3.34. The first kappa shape index (κ1) is 50.0. The lowest BCUT2D eigenvalue weighted by molar-refractivity contribution is -0.164. The van der Waals surface area contributed by atoms with Crippen molar-refractivity contribution in [2.24, 2.45) is 0 Å².